The molecule has 0 saturated carbocycles. The summed E-state index contributed by atoms with van der Waals surface area (Å²) < 4.78 is 0.0554. The molecule has 0 aliphatic rings. The minimum atomic E-state index is -0.511. The average molecular weight is 444 g/mol. The van der Waals surface area contributed by atoms with Crippen LogP contribution in [0.3, 0.4) is 0 Å². The Labute approximate surface area is 165 Å². The number of nitrogens with zero attached hydrogens (tertiary/aromatic N) is 2. The first-order valence-electron chi connectivity index (χ1n) is 7.78. The van der Waals surface area contributed by atoms with Gasteiger partial charge in [-0.25, -0.2) is 0 Å². The number of benzene rings is 2. The molecule has 2 heterocycles. The van der Waals surface area contributed by atoms with Crippen LogP contribution in [-0.2, 0) is 5.21 Å². The standard InChI is InChI=1S/C18H13AsClN4OS/c20-12-3-1-2-11(6-12)8-19-18(25)22-13-4-5-14-15(7-13)24-17(23-14)16-9-26-10-21-16/h1-7,9-10H,8H2,(H,22,25)(H,23,24). The van der Waals surface area contributed by atoms with Gasteiger partial charge in [-0.05, 0) is 0 Å². The SMILES string of the molecule is O=C(Nc1ccc2nc(-c3cscn3)[nH]c2c1)[As]Cc1cccc(Cl)c1. The van der Waals surface area contributed by atoms with Gasteiger partial charge < -0.3 is 0 Å². The van der Waals surface area contributed by atoms with Gasteiger partial charge in [0.2, 0.25) is 0 Å². The van der Waals surface area contributed by atoms with E-state index in [4.69, 9.17) is 11.6 Å². The van der Waals surface area contributed by atoms with Crippen LogP contribution in [0.15, 0.2) is 53.4 Å². The number of aromatic amines is 1. The molecule has 4 aromatic rings. The molecule has 2 aromatic heterocycles. The summed E-state index contributed by atoms with van der Waals surface area (Å²) in [6.45, 7) is 0. The fourth-order valence-electron chi connectivity index (χ4n) is 2.50. The first-order chi connectivity index (χ1) is 12.7. The molecule has 0 aliphatic heterocycles. The number of anilines is 1. The molecule has 129 valence electrons. The molecule has 0 saturated heterocycles. The predicted molar refractivity (Wildman–Crippen MR) is 107 cm³/mol. The van der Waals surface area contributed by atoms with Crippen molar-refractivity contribution in [1.82, 2.24) is 15.0 Å². The normalized spacial score (nSPS) is 11.4. The molecule has 0 atom stereocenters. The van der Waals surface area contributed by atoms with E-state index >= 15 is 0 Å². The number of amides is 1. The third-order valence-corrected chi connectivity index (χ3v) is 6.46. The van der Waals surface area contributed by atoms with Gasteiger partial charge in [0.25, 0.3) is 0 Å². The summed E-state index contributed by atoms with van der Waals surface area (Å²) in [5.41, 5.74) is 6.16. The van der Waals surface area contributed by atoms with E-state index in [0.717, 1.165) is 39.0 Å². The molecular weight excluding hydrogens is 431 g/mol. The van der Waals surface area contributed by atoms with Crippen LogP contribution in [0.2, 0.25) is 5.02 Å². The van der Waals surface area contributed by atoms with Gasteiger partial charge >= 0.3 is 166 Å². The Bertz CT molecular complexity index is 1060. The van der Waals surface area contributed by atoms with Crippen LogP contribution in [0.25, 0.3) is 22.6 Å². The quantitative estimate of drug-likeness (QED) is 0.436. The number of fused-ring (bicyclic) bond motifs is 1. The summed E-state index contributed by atoms with van der Waals surface area (Å²) in [6.07, 6.45) is 0. The second kappa shape index (κ2) is 7.62. The van der Waals surface area contributed by atoms with E-state index in [1.54, 1.807) is 5.51 Å². The summed E-state index contributed by atoms with van der Waals surface area (Å²) >= 11 is 7.00. The molecular formula is C18H13AsClN4OS. The molecule has 2 N–H and O–H groups in total. The summed E-state index contributed by atoms with van der Waals surface area (Å²) in [5, 5.41) is 6.35. The zero-order valence-electron chi connectivity index (χ0n) is 13.4. The number of carbonyl (C=O) groups excluding carboxylic acids is 1. The molecule has 0 unspecified atom stereocenters. The van der Waals surface area contributed by atoms with Gasteiger partial charge in [0.15, 0.2) is 0 Å². The molecule has 0 bridgehead atoms. The Morgan fingerprint density at radius 1 is 1.27 bits per heavy atom. The molecule has 0 fully saturated rings. The van der Waals surface area contributed by atoms with Crippen LogP contribution in [0.4, 0.5) is 10.5 Å². The van der Waals surface area contributed by atoms with Gasteiger partial charge in [-0.2, -0.15) is 0 Å². The number of H-pyrrole nitrogens is 1. The number of nitrogens with one attached hydrogen (secondary N) is 2. The van der Waals surface area contributed by atoms with Crippen LogP contribution >= 0.6 is 22.9 Å². The number of carbonyl (C=O) groups is 1. The fourth-order valence-corrected chi connectivity index (χ4v) is 4.78. The number of rotatable bonds is 5. The fraction of sp³-hybridized carbons (Fsp3) is 0.0556. The minimum absolute atomic E-state index is 0.0554. The molecule has 0 spiro atoms. The van der Waals surface area contributed by atoms with E-state index in [2.05, 4.69) is 20.3 Å². The third kappa shape index (κ3) is 3.98. The maximum absolute atomic E-state index is 12.3. The average Bonchev–Trinajstić information content (AvgIpc) is 3.29. The van der Waals surface area contributed by atoms with Crippen molar-refractivity contribution in [2.75, 3.05) is 5.32 Å². The van der Waals surface area contributed by atoms with Crippen LogP contribution in [0.1, 0.15) is 5.56 Å². The predicted octanol–water partition coefficient (Wildman–Crippen LogP) is 4.78. The van der Waals surface area contributed by atoms with Crippen molar-refractivity contribution in [3.05, 3.63) is 63.9 Å². The number of halogens is 1. The van der Waals surface area contributed by atoms with Gasteiger partial charge in [-0.1, -0.05) is 0 Å². The summed E-state index contributed by atoms with van der Waals surface area (Å²) in [5.74, 6) is 0.733. The first-order valence-corrected chi connectivity index (χ1v) is 11.4. The topological polar surface area (TPSA) is 70.7 Å². The van der Waals surface area contributed by atoms with E-state index < -0.39 is 15.8 Å². The summed E-state index contributed by atoms with van der Waals surface area (Å²) in [6, 6.07) is 13.3. The second-order valence-electron chi connectivity index (χ2n) is 5.57. The molecule has 0 aliphatic carbocycles. The zero-order valence-corrected chi connectivity index (χ0v) is 16.9. The van der Waals surface area contributed by atoms with E-state index in [-0.39, 0.29) is 4.69 Å². The Morgan fingerprint density at radius 2 is 2.19 bits per heavy atom. The maximum atomic E-state index is 12.3. The zero-order chi connectivity index (χ0) is 17.9. The molecule has 26 heavy (non-hydrogen) atoms. The van der Waals surface area contributed by atoms with Gasteiger partial charge in [-0.15, -0.1) is 0 Å². The van der Waals surface area contributed by atoms with Crippen molar-refractivity contribution in [3.8, 4) is 11.5 Å². The molecule has 1 amide bonds. The Hall–Kier alpha value is -2.14. The molecule has 8 heteroatoms. The van der Waals surface area contributed by atoms with Crippen LogP contribution in [0.5, 0.6) is 0 Å². The monoisotopic (exact) mass is 443 g/mol. The number of thiazole rings is 1. The van der Waals surface area contributed by atoms with Crippen LogP contribution < -0.4 is 5.32 Å². The number of hydrogen-bond acceptors (Lipinski definition) is 4. The van der Waals surface area contributed by atoms with Crippen molar-refractivity contribution < 1.29 is 4.79 Å². The number of imidazole rings is 1. The molecule has 2 aromatic carbocycles. The van der Waals surface area contributed by atoms with Gasteiger partial charge in [0, 0.05) is 0 Å². The number of hydrogen-bond donors (Lipinski definition) is 2. The van der Waals surface area contributed by atoms with Gasteiger partial charge in [0.05, 0.1) is 0 Å². The molecule has 4 rings (SSSR count). The van der Waals surface area contributed by atoms with E-state index in [1.165, 1.54) is 11.3 Å². The van der Waals surface area contributed by atoms with Crippen molar-refractivity contribution in [3.63, 3.8) is 0 Å². The van der Waals surface area contributed by atoms with Crippen LogP contribution in [-0.4, -0.2) is 35.4 Å². The third-order valence-electron chi connectivity index (χ3n) is 3.70. The second-order valence-corrected chi connectivity index (χ2v) is 8.90. The molecule has 5 nitrogen and oxygen atoms in total. The van der Waals surface area contributed by atoms with Crippen molar-refractivity contribution in [2.45, 2.75) is 5.21 Å². The van der Waals surface area contributed by atoms with Crippen LogP contribution in [0, 0.1) is 0 Å². The Balaban J connectivity index is 1.44. The Kier molecular flexibility index (Phi) is 5.06. The molecule has 1 radical (unpaired) electrons. The number of aromatic nitrogens is 3. The van der Waals surface area contributed by atoms with E-state index in [1.807, 2.05) is 47.8 Å². The van der Waals surface area contributed by atoms with E-state index in [9.17, 15) is 4.79 Å². The summed E-state index contributed by atoms with van der Waals surface area (Å²) in [4.78, 5) is 24.3. The first kappa shape index (κ1) is 17.3. The van der Waals surface area contributed by atoms with Gasteiger partial charge in [-0.3, -0.25) is 0 Å². The summed E-state index contributed by atoms with van der Waals surface area (Å²) in [7, 11) is 0. The van der Waals surface area contributed by atoms with Crippen molar-refractivity contribution in [1.29, 1.82) is 0 Å². The van der Waals surface area contributed by atoms with Crippen molar-refractivity contribution in [2.24, 2.45) is 0 Å². The Morgan fingerprint density at radius 3 is 3.00 bits per heavy atom. The van der Waals surface area contributed by atoms with Crippen molar-refractivity contribution >= 4 is 60.1 Å². The van der Waals surface area contributed by atoms with Gasteiger partial charge in [0.1, 0.15) is 0 Å². The van der Waals surface area contributed by atoms with E-state index in [0.29, 0.717) is 5.02 Å².